The van der Waals surface area contributed by atoms with Gasteiger partial charge < -0.3 is 10.1 Å². The SMILES string of the molecule is COC1CCCC(Nc2ccc(C#N)nn2)C1. The number of ether oxygens (including phenoxy) is 1. The van der Waals surface area contributed by atoms with Gasteiger partial charge in [0.1, 0.15) is 11.9 Å². The van der Waals surface area contributed by atoms with Crippen LogP contribution in [0, 0.1) is 11.3 Å². The lowest BCUT2D eigenvalue weighted by Crippen LogP contribution is -2.31. The highest BCUT2D eigenvalue weighted by molar-refractivity contribution is 5.36. The molecule has 1 aliphatic rings. The first kappa shape index (κ1) is 11.8. The van der Waals surface area contributed by atoms with Crippen molar-refractivity contribution in [1.82, 2.24) is 10.2 Å². The van der Waals surface area contributed by atoms with E-state index < -0.39 is 0 Å². The van der Waals surface area contributed by atoms with Gasteiger partial charge in [0.25, 0.3) is 0 Å². The van der Waals surface area contributed by atoms with Crippen molar-refractivity contribution in [3.05, 3.63) is 17.8 Å². The van der Waals surface area contributed by atoms with Crippen LogP contribution in [0.5, 0.6) is 0 Å². The molecule has 1 saturated carbocycles. The normalized spacial score (nSPS) is 24.0. The molecule has 1 aromatic rings. The van der Waals surface area contributed by atoms with Crippen LogP contribution in [0.25, 0.3) is 0 Å². The first-order valence-corrected chi connectivity index (χ1v) is 5.85. The Labute approximate surface area is 101 Å². The Morgan fingerprint density at radius 3 is 2.94 bits per heavy atom. The molecule has 5 heteroatoms. The highest BCUT2D eigenvalue weighted by Crippen LogP contribution is 2.22. The molecular weight excluding hydrogens is 216 g/mol. The van der Waals surface area contributed by atoms with Crippen LogP contribution in [-0.2, 0) is 4.74 Å². The van der Waals surface area contributed by atoms with Gasteiger partial charge in [-0.2, -0.15) is 5.26 Å². The van der Waals surface area contributed by atoms with Crippen molar-refractivity contribution in [3.63, 3.8) is 0 Å². The molecule has 90 valence electrons. The summed E-state index contributed by atoms with van der Waals surface area (Å²) in [6, 6.07) is 5.80. The minimum Gasteiger partial charge on any atom is -0.381 e. The van der Waals surface area contributed by atoms with E-state index in [1.54, 1.807) is 19.2 Å². The molecule has 0 aliphatic heterocycles. The molecule has 17 heavy (non-hydrogen) atoms. The number of nitrogens with one attached hydrogen (secondary N) is 1. The zero-order chi connectivity index (χ0) is 12.1. The molecule has 2 unspecified atom stereocenters. The minimum absolute atomic E-state index is 0.340. The van der Waals surface area contributed by atoms with Gasteiger partial charge in [0.05, 0.1) is 6.10 Å². The first-order valence-electron chi connectivity index (χ1n) is 5.85. The summed E-state index contributed by atoms with van der Waals surface area (Å²) in [7, 11) is 1.76. The van der Waals surface area contributed by atoms with Gasteiger partial charge in [-0.3, -0.25) is 0 Å². The van der Waals surface area contributed by atoms with Crippen molar-refractivity contribution in [2.75, 3.05) is 12.4 Å². The van der Waals surface area contributed by atoms with Crippen molar-refractivity contribution < 1.29 is 4.74 Å². The van der Waals surface area contributed by atoms with Crippen molar-refractivity contribution >= 4 is 5.82 Å². The Bertz CT molecular complexity index is 398. The van der Waals surface area contributed by atoms with Gasteiger partial charge in [0, 0.05) is 13.2 Å². The summed E-state index contributed by atoms with van der Waals surface area (Å²) in [4.78, 5) is 0. The van der Waals surface area contributed by atoms with Gasteiger partial charge in [0.2, 0.25) is 0 Å². The second kappa shape index (κ2) is 5.60. The quantitative estimate of drug-likeness (QED) is 0.859. The van der Waals surface area contributed by atoms with E-state index in [-0.39, 0.29) is 0 Å². The zero-order valence-corrected chi connectivity index (χ0v) is 9.89. The average molecular weight is 232 g/mol. The van der Waals surface area contributed by atoms with Crippen LogP contribution in [0.1, 0.15) is 31.4 Å². The van der Waals surface area contributed by atoms with Crippen LogP contribution in [0.2, 0.25) is 0 Å². The Morgan fingerprint density at radius 1 is 1.41 bits per heavy atom. The summed E-state index contributed by atoms with van der Waals surface area (Å²) >= 11 is 0. The number of nitrogens with zero attached hydrogens (tertiary/aromatic N) is 3. The summed E-state index contributed by atoms with van der Waals surface area (Å²) in [6.07, 6.45) is 4.76. The van der Waals surface area contributed by atoms with E-state index in [1.165, 1.54) is 6.42 Å². The standard InChI is InChI=1S/C12H16N4O/c1-17-11-4-2-3-9(7-11)14-12-6-5-10(8-13)15-16-12/h5-6,9,11H,2-4,7H2,1H3,(H,14,16). The Hall–Kier alpha value is -1.67. The molecule has 1 aromatic heterocycles. The summed E-state index contributed by atoms with van der Waals surface area (Å²) in [5, 5.41) is 19.7. The molecule has 1 N–H and O–H groups in total. The molecule has 0 aromatic carbocycles. The molecule has 0 spiro atoms. The van der Waals surface area contributed by atoms with Gasteiger partial charge >= 0.3 is 0 Å². The van der Waals surface area contributed by atoms with Crippen molar-refractivity contribution in [2.45, 2.75) is 37.8 Å². The van der Waals surface area contributed by atoms with Crippen LogP contribution in [-0.4, -0.2) is 29.5 Å². The molecule has 0 radical (unpaired) electrons. The minimum atomic E-state index is 0.340. The first-order chi connectivity index (χ1) is 8.31. The van der Waals surface area contributed by atoms with E-state index in [9.17, 15) is 0 Å². The molecule has 1 heterocycles. The third-order valence-electron chi connectivity index (χ3n) is 3.09. The van der Waals surface area contributed by atoms with Crippen LogP contribution in [0.4, 0.5) is 5.82 Å². The third-order valence-corrected chi connectivity index (χ3v) is 3.09. The van der Waals surface area contributed by atoms with Crippen LogP contribution in [0.15, 0.2) is 12.1 Å². The number of rotatable bonds is 3. The second-order valence-electron chi connectivity index (χ2n) is 4.28. The van der Waals surface area contributed by atoms with Crippen LogP contribution in [0.3, 0.4) is 0 Å². The molecule has 0 saturated heterocycles. The highest BCUT2D eigenvalue weighted by Gasteiger charge is 2.21. The average Bonchev–Trinajstić information content (AvgIpc) is 2.40. The van der Waals surface area contributed by atoms with E-state index in [0.717, 1.165) is 25.1 Å². The number of aromatic nitrogens is 2. The lowest BCUT2D eigenvalue weighted by molar-refractivity contribution is 0.0669. The number of methoxy groups -OCH3 is 1. The Kier molecular flexibility index (Phi) is 3.89. The maximum Gasteiger partial charge on any atom is 0.163 e. The molecule has 0 bridgehead atoms. The number of hydrogen-bond acceptors (Lipinski definition) is 5. The van der Waals surface area contributed by atoms with Crippen molar-refractivity contribution in [3.8, 4) is 6.07 Å². The van der Waals surface area contributed by atoms with E-state index >= 15 is 0 Å². The lowest BCUT2D eigenvalue weighted by Gasteiger charge is -2.28. The predicted molar refractivity (Wildman–Crippen MR) is 63.4 cm³/mol. The maximum absolute atomic E-state index is 8.63. The predicted octanol–water partition coefficient (Wildman–Crippen LogP) is 1.72. The number of nitriles is 1. The fourth-order valence-corrected chi connectivity index (χ4v) is 2.17. The van der Waals surface area contributed by atoms with Crippen molar-refractivity contribution in [2.24, 2.45) is 0 Å². The van der Waals surface area contributed by atoms with Gasteiger partial charge in [-0.15, -0.1) is 10.2 Å². The van der Waals surface area contributed by atoms with Gasteiger partial charge in [-0.25, -0.2) is 0 Å². The topological polar surface area (TPSA) is 70.8 Å². The molecule has 1 aliphatic carbocycles. The Morgan fingerprint density at radius 2 is 2.29 bits per heavy atom. The van der Waals surface area contributed by atoms with E-state index in [2.05, 4.69) is 15.5 Å². The summed E-state index contributed by atoms with van der Waals surface area (Å²) in [6.45, 7) is 0. The Balaban J connectivity index is 1.93. The van der Waals surface area contributed by atoms with Gasteiger partial charge in [-0.1, -0.05) is 0 Å². The monoisotopic (exact) mass is 232 g/mol. The summed E-state index contributed by atoms with van der Waals surface area (Å²) in [5.74, 6) is 0.728. The maximum atomic E-state index is 8.63. The molecule has 1 fully saturated rings. The number of hydrogen-bond donors (Lipinski definition) is 1. The summed E-state index contributed by atoms with van der Waals surface area (Å²) < 4.78 is 5.38. The second-order valence-corrected chi connectivity index (χ2v) is 4.28. The highest BCUT2D eigenvalue weighted by atomic mass is 16.5. The number of anilines is 1. The molecule has 2 atom stereocenters. The molecule has 0 amide bonds. The van der Waals surface area contributed by atoms with E-state index in [0.29, 0.717) is 17.8 Å². The molecular formula is C12H16N4O. The van der Waals surface area contributed by atoms with Crippen LogP contribution < -0.4 is 5.32 Å². The fraction of sp³-hybridized carbons (Fsp3) is 0.583. The fourth-order valence-electron chi connectivity index (χ4n) is 2.17. The van der Waals surface area contributed by atoms with Gasteiger partial charge in [-0.05, 0) is 37.8 Å². The third kappa shape index (κ3) is 3.14. The van der Waals surface area contributed by atoms with E-state index in [1.807, 2.05) is 6.07 Å². The molecule has 5 nitrogen and oxygen atoms in total. The smallest absolute Gasteiger partial charge is 0.163 e. The van der Waals surface area contributed by atoms with Gasteiger partial charge in [0.15, 0.2) is 5.69 Å². The zero-order valence-electron chi connectivity index (χ0n) is 9.89. The summed E-state index contributed by atoms with van der Waals surface area (Å²) in [5.41, 5.74) is 0.342. The lowest BCUT2D eigenvalue weighted by atomic mass is 9.93. The largest absolute Gasteiger partial charge is 0.381 e. The van der Waals surface area contributed by atoms with Crippen molar-refractivity contribution in [1.29, 1.82) is 5.26 Å². The van der Waals surface area contributed by atoms with E-state index in [4.69, 9.17) is 10.00 Å². The molecule has 2 rings (SSSR count). The van der Waals surface area contributed by atoms with Crippen LogP contribution >= 0.6 is 0 Å².